The molecule has 0 aromatic heterocycles. The molecule has 132 valence electrons. The van der Waals surface area contributed by atoms with Crippen LogP contribution in [0.3, 0.4) is 0 Å². The fraction of sp³-hybridized carbons (Fsp3) is 0.0667. The SMILES string of the molecule is Cc1ccc(S(=O)(=O)ON=C(N)NN=Cc2ccc(Cl)cc2Cl)cc1. The van der Waals surface area contributed by atoms with Crippen molar-refractivity contribution in [2.24, 2.45) is 16.0 Å². The van der Waals surface area contributed by atoms with Gasteiger partial charge in [-0.05, 0) is 36.3 Å². The second-order valence-corrected chi connectivity index (χ2v) is 7.23. The molecule has 0 fully saturated rings. The summed E-state index contributed by atoms with van der Waals surface area (Å²) >= 11 is 11.8. The average Bonchev–Trinajstić information content (AvgIpc) is 2.55. The zero-order chi connectivity index (χ0) is 18.4. The fourth-order valence-corrected chi connectivity index (χ4v) is 2.82. The van der Waals surface area contributed by atoms with Crippen molar-refractivity contribution in [1.82, 2.24) is 5.43 Å². The highest BCUT2D eigenvalue weighted by Gasteiger charge is 2.15. The molecule has 0 spiro atoms. The molecule has 2 rings (SSSR count). The summed E-state index contributed by atoms with van der Waals surface area (Å²) in [5.41, 5.74) is 9.31. The zero-order valence-corrected chi connectivity index (χ0v) is 15.3. The number of aryl methyl sites for hydroxylation is 1. The summed E-state index contributed by atoms with van der Waals surface area (Å²) in [5.74, 6) is -0.350. The number of guanidine groups is 1. The van der Waals surface area contributed by atoms with Gasteiger partial charge >= 0.3 is 10.1 Å². The summed E-state index contributed by atoms with van der Waals surface area (Å²) in [6, 6.07) is 10.9. The number of halogens is 2. The van der Waals surface area contributed by atoms with E-state index in [0.29, 0.717) is 15.6 Å². The number of benzene rings is 2. The normalized spacial score (nSPS) is 12.4. The number of nitrogens with zero attached hydrogens (tertiary/aromatic N) is 2. The first kappa shape index (κ1) is 19.0. The third kappa shape index (κ3) is 5.63. The van der Waals surface area contributed by atoms with Crippen molar-refractivity contribution in [2.45, 2.75) is 11.8 Å². The van der Waals surface area contributed by atoms with Gasteiger partial charge in [0, 0.05) is 10.6 Å². The van der Waals surface area contributed by atoms with E-state index in [4.69, 9.17) is 28.9 Å². The van der Waals surface area contributed by atoms with Crippen molar-refractivity contribution in [3.63, 3.8) is 0 Å². The highest BCUT2D eigenvalue weighted by Crippen LogP contribution is 2.19. The molecule has 0 saturated heterocycles. The molecule has 0 saturated carbocycles. The molecule has 10 heteroatoms. The minimum absolute atomic E-state index is 0.0360. The monoisotopic (exact) mass is 400 g/mol. The van der Waals surface area contributed by atoms with E-state index in [1.54, 1.807) is 30.3 Å². The number of oxime groups is 1. The number of nitrogens with two attached hydrogens (primary N) is 1. The van der Waals surface area contributed by atoms with E-state index in [-0.39, 0.29) is 10.9 Å². The Balaban J connectivity index is 1.99. The lowest BCUT2D eigenvalue weighted by Crippen LogP contribution is -2.28. The van der Waals surface area contributed by atoms with Gasteiger partial charge in [-0.15, -0.1) is 0 Å². The van der Waals surface area contributed by atoms with Crippen LogP contribution in [-0.2, 0) is 14.4 Å². The van der Waals surface area contributed by atoms with Gasteiger partial charge in [0.15, 0.2) is 0 Å². The van der Waals surface area contributed by atoms with E-state index < -0.39 is 10.1 Å². The Bertz CT molecular complexity index is 913. The van der Waals surface area contributed by atoms with E-state index in [2.05, 4.69) is 20.0 Å². The van der Waals surface area contributed by atoms with Crippen LogP contribution in [-0.4, -0.2) is 20.6 Å². The van der Waals surface area contributed by atoms with Gasteiger partial charge in [0.2, 0.25) is 0 Å². The molecule has 7 nitrogen and oxygen atoms in total. The third-order valence-electron chi connectivity index (χ3n) is 2.89. The van der Waals surface area contributed by atoms with E-state index in [0.717, 1.165) is 5.56 Å². The van der Waals surface area contributed by atoms with Gasteiger partial charge in [-0.3, -0.25) is 4.28 Å². The Hall–Kier alpha value is -2.29. The molecule has 2 aromatic carbocycles. The predicted molar refractivity (Wildman–Crippen MR) is 98.3 cm³/mol. The summed E-state index contributed by atoms with van der Waals surface area (Å²) in [6.07, 6.45) is 1.37. The maximum atomic E-state index is 11.9. The first-order valence-corrected chi connectivity index (χ1v) is 9.02. The molecule has 0 atom stereocenters. The molecular weight excluding hydrogens is 387 g/mol. The molecule has 3 N–H and O–H groups in total. The molecule has 0 bridgehead atoms. The smallest absolute Gasteiger partial charge is 0.358 e. The fourth-order valence-electron chi connectivity index (χ4n) is 1.63. The van der Waals surface area contributed by atoms with Crippen molar-refractivity contribution < 1.29 is 12.7 Å². The minimum Gasteiger partial charge on any atom is -0.366 e. The topological polar surface area (TPSA) is 106 Å². The molecule has 0 aliphatic carbocycles. The van der Waals surface area contributed by atoms with Gasteiger partial charge < -0.3 is 5.73 Å². The second kappa shape index (κ2) is 8.19. The lowest BCUT2D eigenvalue weighted by Gasteiger charge is -2.03. The van der Waals surface area contributed by atoms with Gasteiger partial charge in [0.1, 0.15) is 4.90 Å². The number of hydrazone groups is 1. The van der Waals surface area contributed by atoms with Crippen LogP contribution in [0, 0.1) is 6.92 Å². The van der Waals surface area contributed by atoms with Crippen molar-refractivity contribution in [2.75, 3.05) is 0 Å². The van der Waals surface area contributed by atoms with Crippen LogP contribution in [0.5, 0.6) is 0 Å². The maximum Gasteiger partial charge on any atom is 0.358 e. The van der Waals surface area contributed by atoms with Crippen LogP contribution in [0.25, 0.3) is 0 Å². The molecule has 25 heavy (non-hydrogen) atoms. The summed E-state index contributed by atoms with van der Waals surface area (Å²) in [5, 5.41) is 7.96. The van der Waals surface area contributed by atoms with E-state index >= 15 is 0 Å². The molecular formula is C15H14Cl2N4O3S. The standard InChI is InChI=1S/C15H14Cl2N4O3S/c1-10-2-6-13(7-3-10)25(22,23)24-21-15(18)20-19-9-11-4-5-12(16)8-14(11)17/h2-9H,1H3,(H3,18,20,21). The quantitative estimate of drug-likeness (QED) is 0.455. The van der Waals surface area contributed by atoms with Crippen molar-refractivity contribution in [3.8, 4) is 0 Å². The predicted octanol–water partition coefficient (Wildman–Crippen LogP) is 2.86. The number of hydrogen-bond donors (Lipinski definition) is 2. The summed E-state index contributed by atoms with van der Waals surface area (Å²) in [7, 11) is -4.06. The van der Waals surface area contributed by atoms with Gasteiger partial charge in [0.25, 0.3) is 5.96 Å². The van der Waals surface area contributed by atoms with Crippen molar-refractivity contribution in [3.05, 3.63) is 63.6 Å². The third-order valence-corrected chi connectivity index (χ3v) is 4.57. The largest absolute Gasteiger partial charge is 0.366 e. The van der Waals surface area contributed by atoms with E-state index in [9.17, 15) is 8.42 Å². The summed E-state index contributed by atoms with van der Waals surface area (Å²) in [4.78, 5) is -0.0360. The lowest BCUT2D eigenvalue weighted by molar-refractivity contribution is 0.336. The van der Waals surface area contributed by atoms with Crippen LogP contribution < -0.4 is 11.2 Å². The van der Waals surface area contributed by atoms with Crippen LogP contribution in [0.1, 0.15) is 11.1 Å². The molecule has 2 aromatic rings. The van der Waals surface area contributed by atoms with Gasteiger partial charge in [-0.1, -0.05) is 47.0 Å². The van der Waals surface area contributed by atoms with E-state index in [1.165, 1.54) is 18.3 Å². The number of rotatable bonds is 5. The number of hydrogen-bond acceptors (Lipinski definition) is 5. The molecule has 0 amide bonds. The first-order chi connectivity index (χ1) is 11.8. The highest BCUT2D eigenvalue weighted by molar-refractivity contribution is 7.86. The molecule has 0 heterocycles. The number of nitrogens with one attached hydrogen (secondary N) is 1. The van der Waals surface area contributed by atoms with Gasteiger partial charge in [-0.2, -0.15) is 13.5 Å². The lowest BCUT2D eigenvalue weighted by atomic mass is 10.2. The van der Waals surface area contributed by atoms with Gasteiger partial charge in [-0.25, -0.2) is 5.43 Å². The highest BCUT2D eigenvalue weighted by atomic mass is 35.5. The van der Waals surface area contributed by atoms with Crippen LogP contribution >= 0.6 is 23.2 Å². The van der Waals surface area contributed by atoms with Crippen molar-refractivity contribution in [1.29, 1.82) is 0 Å². The van der Waals surface area contributed by atoms with Crippen LogP contribution in [0.15, 0.2) is 57.6 Å². The molecule has 0 aliphatic rings. The Labute approximate surface area is 155 Å². The van der Waals surface area contributed by atoms with E-state index in [1.807, 2.05) is 6.92 Å². The molecule has 0 aliphatic heterocycles. The summed E-state index contributed by atoms with van der Waals surface area (Å²) in [6.45, 7) is 1.84. The Morgan fingerprint density at radius 2 is 1.88 bits per heavy atom. The molecule has 0 radical (unpaired) electrons. The minimum atomic E-state index is -4.06. The van der Waals surface area contributed by atoms with Crippen LogP contribution in [0.4, 0.5) is 0 Å². The first-order valence-electron chi connectivity index (χ1n) is 6.86. The summed E-state index contributed by atoms with van der Waals surface area (Å²) < 4.78 is 28.4. The molecule has 0 unspecified atom stereocenters. The Kier molecular flexibility index (Phi) is 6.24. The average molecular weight is 401 g/mol. The van der Waals surface area contributed by atoms with Gasteiger partial charge in [0.05, 0.1) is 11.2 Å². The van der Waals surface area contributed by atoms with Crippen LogP contribution in [0.2, 0.25) is 10.0 Å². The van der Waals surface area contributed by atoms with Crippen molar-refractivity contribution >= 4 is 45.5 Å². The Morgan fingerprint density at radius 1 is 1.20 bits per heavy atom. The second-order valence-electron chi connectivity index (χ2n) is 4.85. The maximum absolute atomic E-state index is 11.9. The zero-order valence-electron chi connectivity index (χ0n) is 13.0. The Morgan fingerprint density at radius 3 is 2.52 bits per heavy atom.